The van der Waals surface area contributed by atoms with Crippen LogP contribution in [0.15, 0.2) is 101 Å². The summed E-state index contributed by atoms with van der Waals surface area (Å²) in [5.74, 6) is 0.600. The minimum absolute atomic E-state index is 0.0796. The minimum Gasteiger partial charge on any atom is -0.497 e. The molecular weight excluding hydrogens is 484 g/mol. The predicted octanol–water partition coefficient (Wildman–Crippen LogP) is 5.32. The van der Waals surface area contributed by atoms with Crippen molar-refractivity contribution in [2.45, 2.75) is 12.1 Å². The molecule has 0 saturated heterocycles. The van der Waals surface area contributed by atoms with E-state index in [0.29, 0.717) is 16.5 Å². The number of aromatic nitrogens is 4. The van der Waals surface area contributed by atoms with Crippen LogP contribution in [0.4, 0.5) is 0 Å². The predicted molar refractivity (Wildman–Crippen MR) is 146 cm³/mol. The second-order valence-corrected chi connectivity index (χ2v) is 9.42. The number of imidazole rings is 1. The number of rotatable bonds is 8. The minimum atomic E-state index is -0.319. The Morgan fingerprint density at radius 2 is 1.57 bits per heavy atom. The van der Waals surface area contributed by atoms with Gasteiger partial charge in [-0.25, -0.2) is 9.67 Å². The molecule has 7 nitrogen and oxygen atoms in total. The molecular formula is C29H26N4O3S. The Labute approximate surface area is 219 Å². The molecule has 0 atom stereocenters. The zero-order valence-electron chi connectivity index (χ0n) is 20.8. The zero-order chi connectivity index (χ0) is 25.9. The highest BCUT2D eigenvalue weighted by Gasteiger charge is 2.23. The molecule has 0 unspecified atom stereocenters. The van der Waals surface area contributed by atoms with Gasteiger partial charge >= 0.3 is 0 Å². The van der Waals surface area contributed by atoms with E-state index in [1.807, 2.05) is 95.7 Å². The Balaban J connectivity index is 1.48. The smallest absolute Gasteiger partial charge is 0.282 e. The topological polar surface area (TPSA) is 71.1 Å². The number of methoxy groups -OCH3 is 1. The molecule has 0 aliphatic heterocycles. The number of benzene rings is 3. The molecule has 0 aliphatic carbocycles. The van der Waals surface area contributed by atoms with E-state index in [4.69, 9.17) is 4.74 Å². The molecule has 0 aliphatic rings. The van der Waals surface area contributed by atoms with E-state index in [-0.39, 0.29) is 22.7 Å². The van der Waals surface area contributed by atoms with Gasteiger partial charge in [0.25, 0.3) is 5.56 Å². The van der Waals surface area contributed by atoms with Crippen LogP contribution in [0.1, 0.15) is 16.1 Å². The standard InChI is InChI=1S/C29H26N4O3S/c1-20-27(28(35)33(31(20)2)23-12-8-5-9-13-23)26(34)19-37-29-30-18-25(21-10-6-4-7-11-21)32(29)22-14-16-24(36-3)17-15-22/h4-18H,19H2,1-3H3. The number of Topliss-reactive ketones (excluding diaryl/α,β-unsaturated/α-hetero) is 1. The lowest BCUT2D eigenvalue weighted by atomic mass is 10.1. The first kappa shape index (κ1) is 24.4. The van der Waals surface area contributed by atoms with E-state index in [1.165, 1.54) is 16.4 Å². The Bertz CT molecular complexity index is 1600. The monoisotopic (exact) mass is 510 g/mol. The zero-order valence-corrected chi connectivity index (χ0v) is 21.6. The third-order valence-corrected chi connectivity index (χ3v) is 7.25. The number of ketones is 1. The molecule has 0 amide bonds. The van der Waals surface area contributed by atoms with Crippen LogP contribution in [0.3, 0.4) is 0 Å². The van der Waals surface area contributed by atoms with Gasteiger partial charge in [0.2, 0.25) is 0 Å². The Morgan fingerprint density at radius 1 is 0.919 bits per heavy atom. The van der Waals surface area contributed by atoms with Gasteiger partial charge in [-0.15, -0.1) is 0 Å². The number of para-hydroxylation sites is 1. The second-order valence-electron chi connectivity index (χ2n) is 8.47. The second kappa shape index (κ2) is 10.4. The van der Waals surface area contributed by atoms with Crippen molar-refractivity contribution in [3.05, 3.63) is 113 Å². The quantitative estimate of drug-likeness (QED) is 0.209. The average Bonchev–Trinajstić information content (AvgIpc) is 3.46. The first-order valence-corrected chi connectivity index (χ1v) is 12.8. The number of nitrogens with zero attached hydrogens (tertiary/aromatic N) is 4. The summed E-state index contributed by atoms with van der Waals surface area (Å²) in [4.78, 5) is 31.3. The first-order valence-electron chi connectivity index (χ1n) is 11.8. The highest BCUT2D eigenvalue weighted by Crippen LogP contribution is 2.31. The van der Waals surface area contributed by atoms with E-state index in [0.717, 1.165) is 22.7 Å². The van der Waals surface area contributed by atoms with Gasteiger partial charge in [-0.2, -0.15) is 0 Å². The molecule has 2 aromatic heterocycles. The van der Waals surface area contributed by atoms with Gasteiger partial charge in [0.05, 0.1) is 30.4 Å². The number of carbonyl (C=O) groups excluding carboxylic acids is 1. The Morgan fingerprint density at radius 3 is 2.22 bits per heavy atom. The summed E-state index contributed by atoms with van der Waals surface area (Å²) >= 11 is 1.31. The van der Waals surface area contributed by atoms with Crippen LogP contribution in [-0.4, -0.2) is 37.6 Å². The fourth-order valence-electron chi connectivity index (χ4n) is 4.32. The number of hydrogen-bond donors (Lipinski definition) is 0. The normalized spacial score (nSPS) is 11.0. The summed E-state index contributed by atoms with van der Waals surface area (Å²) in [7, 11) is 3.42. The van der Waals surface area contributed by atoms with Gasteiger partial charge in [-0.3, -0.25) is 18.8 Å². The molecule has 8 heteroatoms. The van der Waals surface area contributed by atoms with Crippen LogP contribution in [0.25, 0.3) is 22.6 Å². The third-order valence-electron chi connectivity index (χ3n) is 6.30. The Kier molecular flexibility index (Phi) is 6.83. The highest BCUT2D eigenvalue weighted by atomic mass is 32.2. The summed E-state index contributed by atoms with van der Waals surface area (Å²) in [6.07, 6.45) is 1.81. The lowest BCUT2D eigenvalue weighted by Crippen LogP contribution is -2.23. The summed E-state index contributed by atoms with van der Waals surface area (Å²) in [6.45, 7) is 1.80. The van der Waals surface area contributed by atoms with Gasteiger partial charge in [-0.1, -0.05) is 60.3 Å². The summed E-state index contributed by atoms with van der Waals surface area (Å²) in [6, 6.07) is 27.0. The van der Waals surface area contributed by atoms with Crippen molar-refractivity contribution in [1.82, 2.24) is 18.9 Å². The molecule has 0 fully saturated rings. The number of carbonyl (C=O) groups is 1. The van der Waals surface area contributed by atoms with Crippen LogP contribution >= 0.6 is 11.8 Å². The molecule has 37 heavy (non-hydrogen) atoms. The SMILES string of the molecule is COc1ccc(-n2c(-c3ccccc3)cnc2SCC(=O)c2c(C)n(C)n(-c3ccccc3)c2=O)cc1. The van der Waals surface area contributed by atoms with Crippen LogP contribution in [0.2, 0.25) is 0 Å². The van der Waals surface area contributed by atoms with Crippen molar-refractivity contribution >= 4 is 17.5 Å². The van der Waals surface area contributed by atoms with E-state index in [2.05, 4.69) is 4.98 Å². The number of hydrogen-bond acceptors (Lipinski definition) is 5. The average molecular weight is 511 g/mol. The van der Waals surface area contributed by atoms with E-state index >= 15 is 0 Å². The lowest BCUT2D eigenvalue weighted by Gasteiger charge is -2.12. The maximum Gasteiger partial charge on any atom is 0.282 e. The van der Waals surface area contributed by atoms with Crippen LogP contribution in [0, 0.1) is 6.92 Å². The number of ether oxygens (including phenoxy) is 1. The van der Waals surface area contributed by atoms with Crippen molar-refractivity contribution in [2.24, 2.45) is 7.05 Å². The van der Waals surface area contributed by atoms with E-state index in [9.17, 15) is 9.59 Å². The maximum absolute atomic E-state index is 13.4. The van der Waals surface area contributed by atoms with Crippen molar-refractivity contribution in [3.63, 3.8) is 0 Å². The van der Waals surface area contributed by atoms with Gasteiger partial charge in [0, 0.05) is 24.0 Å². The molecule has 3 aromatic carbocycles. The molecule has 0 radical (unpaired) electrons. The van der Waals surface area contributed by atoms with Crippen molar-refractivity contribution in [3.8, 4) is 28.4 Å². The maximum atomic E-state index is 13.4. The fourth-order valence-corrected chi connectivity index (χ4v) is 5.19. The molecule has 0 spiro atoms. The largest absolute Gasteiger partial charge is 0.497 e. The summed E-state index contributed by atoms with van der Waals surface area (Å²) < 4.78 is 10.6. The molecule has 0 saturated carbocycles. The highest BCUT2D eigenvalue weighted by molar-refractivity contribution is 7.99. The fraction of sp³-hybridized carbons (Fsp3) is 0.138. The Hall–Kier alpha value is -4.30. The van der Waals surface area contributed by atoms with E-state index in [1.54, 1.807) is 25.8 Å². The molecule has 0 bridgehead atoms. The van der Waals surface area contributed by atoms with Gasteiger partial charge in [0.1, 0.15) is 11.3 Å². The summed E-state index contributed by atoms with van der Waals surface area (Å²) in [5, 5.41) is 0.661. The van der Waals surface area contributed by atoms with E-state index < -0.39 is 0 Å². The lowest BCUT2D eigenvalue weighted by molar-refractivity contribution is 0.102. The van der Waals surface area contributed by atoms with Crippen LogP contribution < -0.4 is 10.3 Å². The summed E-state index contributed by atoms with van der Waals surface area (Å²) in [5.41, 5.74) is 4.03. The van der Waals surface area contributed by atoms with Gasteiger partial charge in [-0.05, 0) is 43.3 Å². The van der Waals surface area contributed by atoms with Crippen LogP contribution in [-0.2, 0) is 7.05 Å². The van der Waals surface area contributed by atoms with Crippen molar-refractivity contribution < 1.29 is 9.53 Å². The molecule has 5 rings (SSSR count). The first-order chi connectivity index (χ1) is 18.0. The van der Waals surface area contributed by atoms with Crippen LogP contribution in [0.5, 0.6) is 5.75 Å². The van der Waals surface area contributed by atoms with Gasteiger partial charge in [0.15, 0.2) is 10.9 Å². The molecule has 0 N–H and O–H groups in total. The van der Waals surface area contributed by atoms with Crippen molar-refractivity contribution in [2.75, 3.05) is 12.9 Å². The third kappa shape index (κ3) is 4.63. The number of thioether (sulfide) groups is 1. The molecule has 2 heterocycles. The van der Waals surface area contributed by atoms with Gasteiger partial charge < -0.3 is 4.74 Å². The molecule has 186 valence electrons. The van der Waals surface area contributed by atoms with Crippen molar-refractivity contribution in [1.29, 1.82) is 0 Å². The molecule has 5 aromatic rings.